The predicted octanol–water partition coefficient (Wildman–Crippen LogP) is 3.93. The summed E-state index contributed by atoms with van der Waals surface area (Å²) in [7, 11) is 0. The Morgan fingerprint density at radius 3 is 2.28 bits per heavy atom. The van der Waals surface area contributed by atoms with Crippen molar-refractivity contribution in [3.05, 3.63) is 71.3 Å². The molecule has 2 aromatic rings. The number of rotatable bonds is 19. The van der Waals surface area contributed by atoms with Gasteiger partial charge in [0.1, 0.15) is 11.6 Å². The fraction of sp³-hybridized carbons (Fsp3) is 0.545. The Hall–Kier alpha value is -3.37. The normalized spacial score (nSPS) is 13.6. The maximum atomic E-state index is 13.9. The SMILES string of the molecule is CCCCCCCC(=O)NC(Cc1ccccc1)C(O)C(=O)NCC(C)(C)CNC(=O)CC(N)Cc1cc(F)ccc1F. The molecule has 238 valence electrons. The van der Waals surface area contributed by atoms with Crippen LogP contribution in [0.5, 0.6) is 0 Å². The van der Waals surface area contributed by atoms with Crippen molar-refractivity contribution in [3.63, 3.8) is 0 Å². The topological polar surface area (TPSA) is 134 Å². The fourth-order valence-corrected chi connectivity index (χ4v) is 4.66. The Morgan fingerprint density at radius 1 is 0.907 bits per heavy atom. The van der Waals surface area contributed by atoms with Gasteiger partial charge in [-0.15, -0.1) is 0 Å². The van der Waals surface area contributed by atoms with Gasteiger partial charge in [-0.05, 0) is 54.0 Å². The Balaban J connectivity index is 1.86. The first-order chi connectivity index (χ1) is 20.4. The molecule has 0 saturated heterocycles. The average Bonchev–Trinajstić information content (AvgIpc) is 2.96. The van der Waals surface area contributed by atoms with E-state index in [1.807, 2.05) is 44.2 Å². The van der Waals surface area contributed by atoms with E-state index in [-0.39, 0.29) is 49.7 Å². The van der Waals surface area contributed by atoms with Crippen molar-refractivity contribution in [1.82, 2.24) is 16.0 Å². The number of hydrogen-bond donors (Lipinski definition) is 5. The van der Waals surface area contributed by atoms with Gasteiger partial charge >= 0.3 is 0 Å². The van der Waals surface area contributed by atoms with Crippen LogP contribution in [0.4, 0.5) is 8.78 Å². The number of carbonyl (C=O) groups excluding carboxylic acids is 3. The largest absolute Gasteiger partial charge is 0.381 e. The van der Waals surface area contributed by atoms with E-state index in [1.54, 1.807) is 0 Å². The highest BCUT2D eigenvalue weighted by Crippen LogP contribution is 2.15. The van der Waals surface area contributed by atoms with Crippen LogP contribution in [0.25, 0.3) is 0 Å². The van der Waals surface area contributed by atoms with Gasteiger partial charge < -0.3 is 26.8 Å². The van der Waals surface area contributed by atoms with Crippen LogP contribution in [0.3, 0.4) is 0 Å². The smallest absolute Gasteiger partial charge is 0.251 e. The molecular formula is C33H48F2N4O4. The van der Waals surface area contributed by atoms with E-state index in [1.165, 1.54) is 0 Å². The molecule has 6 N–H and O–H groups in total. The van der Waals surface area contributed by atoms with Crippen molar-refractivity contribution in [2.75, 3.05) is 13.1 Å². The first-order valence-electron chi connectivity index (χ1n) is 15.2. The molecule has 0 heterocycles. The maximum Gasteiger partial charge on any atom is 0.251 e. The maximum absolute atomic E-state index is 13.9. The Kier molecular flexibility index (Phi) is 15.3. The van der Waals surface area contributed by atoms with Crippen molar-refractivity contribution >= 4 is 17.7 Å². The lowest BCUT2D eigenvalue weighted by atomic mass is 9.92. The molecule has 0 radical (unpaired) electrons. The average molecular weight is 603 g/mol. The van der Waals surface area contributed by atoms with E-state index >= 15 is 0 Å². The van der Waals surface area contributed by atoms with Crippen LogP contribution in [0.15, 0.2) is 48.5 Å². The van der Waals surface area contributed by atoms with Gasteiger partial charge in [0.25, 0.3) is 5.91 Å². The molecule has 0 spiro atoms. The van der Waals surface area contributed by atoms with Gasteiger partial charge in [-0.3, -0.25) is 14.4 Å². The van der Waals surface area contributed by atoms with Crippen molar-refractivity contribution in [2.45, 2.75) is 96.7 Å². The predicted molar refractivity (Wildman–Crippen MR) is 164 cm³/mol. The van der Waals surface area contributed by atoms with Crippen LogP contribution in [-0.2, 0) is 27.2 Å². The number of amides is 3. The van der Waals surface area contributed by atoms with Gasteiger partial charge in [0.15, 0.2) is 6.10 Å². The van der Waals surface area contributed by atoms with Gasteiger partial charge in [-0.25, -0.2) is 8.78 Å². The second kappa shape index (κ2) is 18.3. The van der Waals surface area contributed by atoms with Crippen LogP contribution in [-0.4, -0.2) is 54.1 Å². The molecule has 0 aliphatic rings. The van der Waals surface area contributed by atoms with Gasteiger partial charge in [0.05, 0.1) is 6.04 Å². The number of nitrogens with two attached hydrogens (primary N) is 1. The number of benzene rings is 2. The van der Waals surface area contributed by atoms with Crippen LogP contribution in [0, 0.1) is 17.0 Å². The lowest BCUT2D eigenvalue weighted by Crippen LogP contribution is -2.53. The number of hydrogen-bond acceptors (Lipinski definition) is 5. The monoisotopic (exact) mass is 602 g/mol. The van der Waals surface area contributed by atoms with E-state index in [4.69, 9.17) is 5.73 Å². The van der Waals surface area contributed by atoms with Crippen molar-refractivity contribution < 1.29 is 28.3 Å². The summed E-state index contributed by atoms with van der Waals surface area (Å²) < 4.78 is 27.3. The van der Waals surface area contributed by atoms with E-state index in [0.29, 0.717) is 6.42 Å². The summed E-state index contributed by atoms with van der Waals surface area (Å²) in [6.07, 6.45) is 4.08. The number of carbonyl (C=O) groups is 3. The number of aliphatic hydroxyl groups excluding tert-OH is 1. The van der Waals surface area contributed by atoms with Gasteiger partial charge in [-0.2, -0.15) is 0 Å². The first kappa shape index (κ1) is 35.8. The molecule has 0 fully saturated rings. The highest BCUT2D eigenvalue weighted by molar-refractivity contribution is 5.83. The lowest BCUT2D eigenvalue weighted by molar-refractivity contribution is -0.132. The number of unbranched alkanes of at least 4 members (excludes halogenated alkanes) is 4. The molecule has 0 aliphatic heterocycles. The van der Waals surface area contributed by atoms with Gasteiger partial charge in [-0.1, -0.05) is 76.8 Å². The molecule has 0 aliphatic carbocycles. The number of halogens is 2. The van der Waals surface area contributed by atoms with Gasteiger partial charge in [0.2, 0.25) is 11.8 Å². The molecule has 43 heavy (non-hydrogen) atoms. The quantitative estimate of drug-likeness (QED) is 0.155. The highest BCUT2D eigenvalue weighted by atomic mass is 19.1. The van der Waals surface area contributed by atoms with Crippen molar-refractivity contribution in [1.29, 1.82) is 0 Å². The van der Waals surface area contributed by atoms with Crippen molar-refractivity contribution in [2.24, 2.45) is 11.1 Å². The summed E-state index contributed by atoms with van der Waals surface area (Å²) in [5.41, 5.74) is 6.40. The Labute approximate surface area is 254 Å². The van der Waals surface area contributed by atoms with Crippen LogP contribution >= 0.6 is 0 Å². The zero-order valence-corrected chi connectivity index (χ0v) is 25.6. The standard InChI is InChI=1S/C33H48F2N4O4/c1-4-5-6-7-11-14-29(40)39-28(17-23-12-9-8-10-13-23)31(42)32(43)38-22-33(2,3)21-37-30(41)20-26(36)19-24-18-25(34)15-16-27(24)35/h8-10,12-13,15-16,18,26,28,31,42H,4-7,11,14,17,19-22,36H2,1-3H3,(H,37,41)(H,38,43)(H,39,40). The van der Waals surface area contributed by atoms with E-state index < -0.39 is 41.1 Å². The second-order valence-electron chi connectivity index (χ2n) is 12.0. The minimum atomic E-state index is -1.48. The minimum Gasteiger partial charge on any atom is -0.381 e. The zero-order valence-electron chi connectivity index (χ0n) is 25.6. The van der Waals surface area contributed by atoms with Crippen LogP contribution < -0.4 is 21.7 Å². The van der Waals surface area contributed by atoms with E-state index in [9.17, 15) is 28.3 Å². The van der Waals surface area contributed by atoms with Gasteiger partial charge in [0, 0.05) is 32.0 Å². The molecular weight excluding hydrogens is 554 g/mol. The summed E-state index contributed by atoms with van der Waals surface area (Å²) in [6.45, 7) is 6.15. The molecule has 8 nitrogen and oxygen atoms in total. The van der Waals surface area contributed by atoms with Crippen LogP contribution in [0.1, 0.15) is 76.8 Å². The number of nitrogens with one attached hydrogen (secondary N) is 3. The summed E-state index contributed by atoms with van der Waals surface area (Å²) in [5.74, 6) is -2.34. The minimum absolute atomic E-state index is 0.00783. The highest BCUT2D eigenvalue weighted by Gasteiger charge is 2.29. The molecule has 3 amide bonds. The molecule has 0 saturated carbocycles. The van der Waals surface area contributed by atoms with E-state index in [0.717, 1.165) is 55.9 Å². The van der Waals surface area contributed by atoms with E-state index in [2.05, 4.69) is 22.9 Å². The molecule has 3 atom stereocenters. The summed E-state index contributed by atoms with van der Waals surface area (Å²) in [4.78, 5) is 38.1. The molecule has 2 aromatic carbocycles. The summed E-state index contributed by atoms with van der Waals surface area (Å²) in [6, 6.07) is 10.9. The third-order valence-electron chi connectivity index (χ3n) is 7.24. The first-order valence-corrected chi connectivity index (χ1v) is 15.2. The Bertz CT molecular complexity index is 1160. The fourth-order valence-electron chi connectivity index (χ4n) is 4.66. The summed E-state index contributed by atoms with van der Waals surface area (Å²) >= 11 is 0. The molecule has 3 unspecified atom stereocenters. The van der Waals surface area contributed by atoms with Crippen molar-refractivity contribution in [3.8, 4) is 0 Å². The third-order valence-corrected chi connectivity index (χ3v) is 7.24. The molecule has 2 rings (SSSR count). The van der Waals surface area contributed by atoms with Crippen LogP contribution in [0.2, 0.25) is 0 Å². The Morgan fingerprint density at radius 2 is 1.58 bits per heavy atom. The molecule has 0 aromatic heterocycles. The molecule has 10 heteroatoms. The summed E-state index contributed by atoms with van der Waals surface area (Å²) in [5, 5.41) is 19.3. The molecule has 0 bridgehead atoms. The third kappa shape index (κ3) is 14.1. The zero-order chi connectivity index (χ0) is 31.8. The lowest BCUT2D eigenvalue weighted by Gasteiger charge is -2.28. The number of aliphatic hydroxyl groups is 1. The second-order valence-corrected chi connectivity index (χ2v) is 12.0.